The molecule has 0 saturated carbocycles. The van der Waals surface area contributed by atoms with Gasteiger partial charge in [-0.15, -0.1) is 12.3 Å². The summed E-state index contributed by atoms with van der Waals surface area (Å²) in [6.45, 7) is 0.476. The Kier molecular flexibility index (Phi) is 3.82. The monoisotopic (exact) mass is 315 g/mol. The van der Waals surface area contributed by atoms with Gasteiger partial charge in [0.2, 0.25) is 0 Å². The number of aromatic nitrogens is 2. The Hall–Kier alpha value is -2.39. The Balaban J connectivity index is 1.60. The molecule has 6 nitrogen and oxygen atoms in total. The second-order valence-electron chi connectivity index (χ2n) is 5.09. The van der Waals surface area contributed by atoms with Gasteiger partial charge < -0.3 is 5.32 Å². The van der Waals surface area contributed by atoms with Crippen LogP contribution >= 0.6 is 11.6 Å². The van der Waals surface area contributed by atoms with Gasteiger partial charge in [-0.2, -0.15) is 10.2 Å². The molecule has 0 fully saturated rings. The van der Waals surface area contributed by atoms with E-state index in [-0.39, 0.29) is 11.6 Å². The average molecular weight is 316 g/mol. The molecule has 3 heterocycles. The molecular weight excluding hydrogens is 302 g/mol. The lowest BCUT2D eigenvalue weighted by atomic mass is 10.0. The topological polar surface area (TPSA) is 71.1 Å². The molecule has 1 N–H and O–H groups in total. The smallest absolute Gasteiger partial charge is 0.269 e. The van der Waals surface area contributed by atoms with Crippen molar-refractivity contribution in [1.29, 1.82) is 0 Å². The average Bonchev–Trinajstić information content (AvgIpc) is 3.13. The molecule has 1 amide bonds. The van der Waals surface area contributed by atoms with Crippen LogP contribution in [-0.4, -0.2) is 27.5 Å². The van der Waals surface area contributed by atoms with E-state index in [0.717, 1.165) is 6.42 Å². The number of imidazole rings is 1. The third kappa shape index (κ3) is 2.81. The summed E-state index contributed by atoms with van der Waals surface area (Å²) < 4.78 is 1.66. The van der Waals surface area contributed by atoms with Crippen LogP contribution in [0.4, 0.5) is 0 Å². The zero-order valence-corrected chi connectivity index (χ0v) is 12.5. The summed E-state index contributed by atoms with van der Waals surface area (Å²) in [5, 5.41) is 11.4. The molecule has 0 saturated heterocycles. The maximum absolute atomic E-state index is 12.2. The fourth-order valence-electron chi connectivity index (χ4n) is 2.28. The molecule has 22 heavy (non-hydrogen) atoms. The summed E-state index contributed by atoms with van der Waals surface area (Å²) in [7, 11) is 0. The zero-order chi connectivity index (χ0) is 15.6. The number of rotatable bonds is 6. The SMILES string of the molecule is C#CCCC1(CCNC(=O)c2cnc3c(Cl)cccn23)N=N1. The maximum atomic E-state index is 12.2. The van der Waals surface area contributed by atoms with Gasteiger partial charge in [0.05, 0.1) is 11.2 Å². The molecule has 0 aromatic carbocycles. The lowest BCUT2D eigenvalue weighted by Crippen LogP contribution is -2.29. The van der Waals surface area contributed by atoms with Crippen LogP contribution in [0.25, 0.3) is 5.65 Å². The van der Waals surface area contributed by atoms with E-state index >= 15 is 0 Å². The summed E-state index contributed by atoms with van der Waals surface area (Å²) in [5.41, 5.74) is 0.620. The van der Waals surface area contributed by atoms with Gasteiger partial charge in [0.15, 0.2) is 11.3 Å². The maximum Gasteiger partial charge on any atom is 0.269 e. The standard InChI is InChI=1S/C15H14ClN5O/c1-2-3-6-15(19-20-15)7-8-17-14(22)12-10-18-13-11(16)5-4-9-21(12)13/h1,4-5,9-10H,3,6-8H2,(H,17,22). The highest BCUT2D eigenvalue weighted by Crippen LogP contribution is 2.36. The van der Waals surface area contributed by atoms with Gasteiger partial charge in [0, 0.05) is 32.0 Å². The molecule has 2 aromatic heterocycles. The predicted octanol–water partition coefficient (Wildman–Crippen LogP) is 2.68. The molecule has 0 radical (unpaired) electrons. The van der Waals surface area contributed by atoms with E-state index in [2.05, 4.69) is 26.4 Å². The van der Waals surface area contributed by atoms with Crippen molar-refractivity contribution in [3.8, 4) is 12.3 Å². The van der Waals surface area contributed by atoms with Crippen molar-refractivity contribution < 1.29 is 4.79 Å². The molecule has 7 heteroatoms. The number of carbonyl (C=O) groups is 1. The van der Waals surface area contributed by atoms with Gasteiger partial charge in [-0.05, 0) is 12.1 Å². The molecule has 1 aliphatic rings. The first-order chi connectivity index (χ1) is 10.7. The summed E-state index contributed by atoms with van der Waals surface area (Å²) >= 11 is 6.04. The molecule has 0 unspecified atom stereocenters. The Morgan fingerprint density at radius 1 is 1.45 bits per heavy atom. The van der Waals surface area contributed by atoms with Crippen molar-refractivity contribution >= 4 is 23.2 Å². The Bertz CT molecular complexity index is 783. The van der Waals surface area contributed by atoms with Crippen LogP contribution in [0.3, 0.4) is 0 Å². The van der Waals surface area contributed by atoms with E-state index in [4.69, 9.17) is 18.0 Å². The van der Waals surface area contributed by atoms with Crippen LogP contribution in [0.2, 0.25) is 5.02 Å². The summed E-state index contributed by atoms with van der Waals surface area (Å²) in [6, 6.07) is 3.50. The first kappa shape index (κ1) is 14.5. The van der Waals surface area contributed by atoms with Crippen LogP contribution in [0.1, 0.15) is 29.8 Å². The number of nitrogens with zero attached hydrogens (tertiary/aromatic N) is 4. The van der Waals surface area contributed by atoms with Crippen LogP contribution in [-0.2, 0) is 0 Å². The van der Waals surface area contributed by atoms with Crippen molar-refractivity contribution in [3.63, 3.8) is 0 Å². The number of hydrogen-bond donors (Lipinski definition) is 1. The highest BCUT2D eigenvalue weighted by Gasteiger charge is 2.38. The normalized spacial score (nSPS) is 14.7. The quantitative estimate of drug-likeness (QED) is 0.832. The van der Waals surface area contributed by atoms with E-state index in [1.54, 1.807) is 22.7 Å². The zero-order valence-electron chi connectivity index (χ0n) is 11.8. The van der Waals surface area contributed by atoms with E-state index in [9.17, 15) is 4.79 Å². The van der Waals surface area contributed by atoms with E-state index in [0.29, 0.717) is 35.8 Å². The first-order valence-electron chi connectivity index (χ1n) is 6.92. The molecule has 0 spiro atoms. The first-order valence-corrected chi connectivity index (χ1v) is 7.30. The van der Waals surface area contributed by atoms with Gasteiger partial charge in [-0.3, -0.25) is 9.20 Å². The van der Waals surface area contributed by atoms with Crippen molar-refractivity contribution in [1.82, 2.24) is 14.7 Å². The summed E-state index contributed by atoms with van der Waals surface area (Å²) in [5.74, 6) is 2.37. The number of nitrogens with one attached hydrogen (secondary N) is 1. The Morgan fingerprint density at radius 3 is 3.00 bits per heavy atom. The van der Waals surface area contributed by atoms with Crippen LogP contribution in [0.15, 0.2) is 34.8 Å². The molecule has 2 aromatic rings. The lowest BCUT2D eigenvalue weighted by molar-refractivity contribution is 0.0946. The highest BCUT2D eigenvalue weighted by atomic mass is 35.5. The Morgan fingerprint density at radius 2 is 2.27 bits per heavy atom. The molecule has 0 aliphatic carbocycles. The third-order valence-electron chi connectivity index (χ3n) is 3.58. The summed E-state index contributed by atoms with van der Waals surface area (Å²) in [6.07, 6.45) is 10.5. The molecule has 0 atom stereocenters. The van der Waals surface area contributed by atoms with Crippen molar-refractivity contribution in [3.05, 3.63) is 35.2 Å². The number of carbonyl (C=O) groups excluding carboxylic acids is 1. The fourth-order valence-corrected chi connectivity index (χ4v) is 2.49. The van der Waals surface area contributed by atoms with Crippen molar-refractivity contribution in [2.75, 3.05) is 6.54 Å². The van der Waals surface area contributed by atoms with E-state index in [1.165, 1.54) is 6.20 Å². The minimum atomic E-state index is -0.386. The Labute approximate surface area is 132 Å². The van der Waals surface area contributed by atoms with Crippen LogP contribution in [0, 0.1) is 12.3 Å². The van der Waals surface area contributed by atoms with Gasteiger partial charge >= 0.3 is 0 Å². The molecule has 112 valence electrons. The summed E-state index contributed by atoms with van der Waals surface area (Å²) in [4.78, 5) is 16.4. The van der Waals surface area contributed by atoms with Gasteiger partial charge in [-0.1, -0.05) is 11.6 Å². The van der Waals surface area contributed by atoms with Gasteiger partial charge in [0.25, 0.3) is 5.91 Å². The fraction of sp³-hybridized carbons (Fsp3) is 0.333. The highest BCUT2D eigenvalue weighted by molar-refractivity contribution is 6.33. The molecular formula is C15H14ClN5O. The largest absolute Gasteiger partial charge is 0.351 e. The number of amides is 1. The lowest BCUT2D eigenvalue weighted by Gasteiger charge is -2.09. The predicted molar refractivity (Wildman–Crippen MR) is 82.8 cm³/mol. The van der Waals surface area contributed by atoms with Crippen LogP contribution < -0.4 is 5.32 Å². The van der Waals surface area contributed by atoms with Crippen molar-refractivity contribution in [2.24, 2.45) is 10.2 Å². The van der Waals surface area contributed by atoms with Crippen LogP contribution in [0.5, 0.6) is 0 Å². The number of fused-ring (bicyclic) bond motifs is 1. The second-order valence-corrected chi connectivity index (χ2v) is 5.49. The molecule has 0 bridgehead atoms. The molecule has 1 aliphatic heterocycles. The van der Waals surface area contributed by atoms with Crippen molar-refractivity contribution in [2.45, 2.75) is 24.9 Å². The third-order valence-corrected chi connectivity index (χ3v) is 3.88. The second kappa shape index (κ2) is 5.78. The van der Waals surface area contributed by atoms with E-state index in [1.807, 2.05) is 0 Å². The minimum Gasteiger partial charge on any atom is -0.351 e. The number of hydrogen-bond acceptors (Lipinski definition) is 4. The number of halogens is 1. The van der Waals surface area contributed by atoms with E-state index < -0.39 is 0 Å². The van der Waals surface area contributed by atoms with Gasteiger partial charge in [0.1, 0.15) is 5.69 Å². The molecule has 3 rings (SSSR count). The van der Waals surface area contributed by atoms with Gasteiger partial charge in [-0.25, -0.2) is 4.98 Å². The number of pyridine rings is 1. The minimum absolute atomic E-state index is 0.206. The number of terminal acetylenes is 1.